The Kier molecular flexibility index (Phi) is 12.6. The number of nitrogens with zero attached hydrogens (tertiary/aromatic N) is 1. The van der Waals surface area contributed by atoms with Gasteiger partial charge in [0.2, 0.25) is 0 Å². The normalized spacial score (nSPS) is 9.18. The SMILES string of the molecule is [CH2-]C(=O)NN=[C-]CCCC.[Y]. The summed E-state index contributed by atoms with van der Waals surface area (Å²) in [5.74, 6) is -0.399. The second-order valence-electron chi connectivity index (χ2n) is 1.91. The number of hydrazone groups is 1. The van der Waals surface area contributed by atoms with Crippen molar-refractivity contribution in [3.05, 3.63) is 6.92 Å². The molecule has 0 aliphatic rings. The second-order valence-corrected chi connectivity index (χ2v) is 1.91. The molecule has 1 amide bonds. The zero-order valence-corrected chi connectivity index (χ0v) is 9.60. The molecule has 0 unspecified atom stereocenters. The van der Waals surface area contributed by atoms with Crippen molar-refractivity contribution in [1.29, 1.82) is 0 Å². The van der Waals surface area contributed by atoms with Gasteiger partial charge in [0.15, 0.2) is 0 Å². The standard InChI is InChI=1S/C7H12N2O.Y/c1-3-4-5-6-8-9-7(2)10;/h2-5H2,1H3,(H,9,10);/q-2;. The maximum absolute atomic E-state index is 10.1. The van der Waals surface area contributed by atoms with Crippen LogP contribution in [0.1, 0.15) is 26.2 Å². The number of hydrogen-bond acceptors (Lipinski definition) is 2. The maximum Gasteiger partial charge on any atom is 0.0978 e. The molecule has 0 spiro atoms. The molecule has 0 heterocycles. The van der Waals surface area contributed by atoms with Crippen molar-refractivity contribution in [3.8, 4) is 0 Å². The number of unbranched alkanes of at least 4 members (excludes halogenated alkanes) is 2. The number of nitrogens with one attached hydrogen (secondary N) is 1. The molecule has 0 aromatic carbocycles. The van der Waals surface area contributed by atoms with Crippen LogP contribution in [0.25, 0.3) is 0 Å². The molecule has 0 fully saturated rings. The molecule has 0 rings (SSSR count). The minimum atomic E-state index is -0.399. The Labute approximate surface area is 92.9 Å². The molecule has 0 aromatic heterocycles. The summed E-state index contributed by atoms with van der Waals surface area (Å²) in [7, 11) is 0. The van der Waals surface area contributed by atoms with E-state index in [1.165, 1.54) is 0 Å². The Morgan fingerprint density at radius 1 is 1.73 bits per heavy atom. The van der Waals surface area contributed by atoms with E-state index in [1.54, 1.807) is 0 Å². The summed E-state index contributed by atoms with van der Waals surface area (Å²) < 4.78 is 0. The number of carbonyl (C=O) groups is 1. The third-order valence-electron chi connectivity index (χ3n) is 0.902. The summed E-state index contributed by atoms with van der Waals surface area (Å²) in [5, 5.41) is 3.50. The molecule has 0 aliphatic heterocycles. The molecular formula is C7H12N2OY-2. The maximum atomic E-state index is 10.1. The molecule has 61 valence electrons. The molecule has 1 N–H and O–H groups in total. The van der Waals surface area contributed by atoms with Gasteiger partial charge in [0, 0.05) is 32.7 Å². The molecule has 0 saturated carbocycles. The minimum absolute atomic E-state index is 0. The number of amides is 1. The first-order valence-electron chi connectivity index (χ1n) is 3.32. The van der Waals surface area contributed by atoms with E-state index in [9.17, 15) is 4.79 Å². The largest absolute Gasteiger partial charge is 0.400 e. The molecule has 1 radical (unpaired) electrons. The summed E-state index contributed by atoms with van der Waals surface area (Å²) in [5.41, 5.74) is 2.17. The van der Waals surface area contributed by atoms with Crippen LogP contribution in [0.15, 0.2) is 5.10 Å². The molecule has 0 aliphatic carbocycles. The summed E-state index contributed by atoms with van der Waals surface area (Å²) >= 11 is 0. The topological polar surface area (TPSA) is 41.5 Å². The van der Waals surface area contributed by atoms with Gasteiger partial charge in [0.05, 0.1) is 5.91 Å². The van der Waals surface area contributed by atoms with Crippen LogP contribution >= 0.6 is 0 Å². The van der Waals surface area contributed by atoms with Gasteiger partial charge in [-0.1, -0.05) is 19.8 Å². The van der Waals surface area contributed by atoms with E-state index in [-0.39, 0.29) is 32.7 Å². The van der Waals surface area contributed by atoms with Crippen LogP contribution in [0.2, 0.25) is 0 Å². The molecule has 3 nitrogen and oxygen atoms in total. The van der Waals surface area contributed by atoms with E-state index in [1.807, 2.05) is 0 Å². The summed E-state index contributed by atoms with van der Waals surface area (Å²) in [6, 6.07) is 0. The summed E-state index contributed by atoms with van der Waals surface area (Å²) in [6.45, 7) is 5.16. The van der Waals surface area contributed by atoms with Crippen LogP contribution in [0.4, 0.5) is 0 Å². The quantitative estimate of drug-likeness (QED) is 0.332. The Morgan fingerprint density at radius 2 is 2.36 bits per heavy atom. The first-order valence-corrected chi connectivity index (χ1v) is 3.32. The van der Waals surface area contributed by atoms with Gasteiger partial charge in [-0.3, -0.25) is 0 Å². The molecule has 0 atom stereocenters. The van der Waals surface area contributed by atoms with Gasteiger partial charge >= 0.3 is 0 Å². The van der Waals surface area contributed by atoms with Crippen LogP contribution in [0.3, 0.4) is 0 Å². The summed E-state index contributed by atoms with van der Waals surface area (Å²) in [4.78, 5) is 10.1. The van der Waals surface area contributed by atoms with Gasteiger partial charge in [0.1, 0.15) is 0 Å². The first kappa shape index (κ1) is 13.7. The fourth-order valence-corrected chi connectivity index (χ4v) is 0.414. The van der Waals surface area contributed by atoms with Crippen molar-refractivity contribution in [3.63, 3.8) is 0 Å². The van der Waals surface area contributed by atoms with E-state index < -0.39 is 5.91 Å². The average Bonchev–Trinajstić information content (AvgIpc) is 1.87. The van der Waals surface area contributed by atoms with E-state index in [0.29, 0.717) is 0 Å². The van der Waals surface area contributed by atoms with E-state index in [0.717, 1.165) is 19.3 Å². The molecule has 0 saturated heterocycles. The fraction of sp³-hybridized carbons (Fsp3) is 0.571. The average molecular weight is 229 g/mol. The van der Waals surface area contributed by atoms with Crippen molar-refractivity contribution in [2.75, 3.05) is 0 Å². The molecule has 4 heteroatoms. The van der Waals surface area contributed by atoms with Gasteiger partial charge in [-0.2, -0.15) is 6.42 Å². The van der Waals surface area contributed by atoms with Gasteiger partial charge < -0.3 is 28.5 Å². The van der Waals surface area contributed by atoms with Crippen molar-refractivity contribution in [2.45, 2.75) is 26.2 Å². The van der Waals surface area contributed by atoms with Crippen molar-refractivity contribution in [1.82, 2.24) is 5.43 Å². The van der Waals surface area contributed by atoms with Crippen LogP contribution in [0.5, 0.6) is 0 Å². The van der Waals surface area contributed by atoms with Crippen LogP contribution in [-0.4, -0.2) is 12.1 Å². The number of hydrogen-bond donors (Lipinski definition) is 1. The predicted octanol–water partition coefficient (Wildman–Crippen LogP) is 0.987. The monoisotopic (exact) mass is 229 g/mol. The number of carbonyl (C=O) groups excluding carboxylic acids is 1. The zero-order chi connectivity index (χ0) is 7.82. The van der Waals surface area contributed by atoms with Crippen molar-refractivity contribution >= 4 is 12.1 Å². The Balaban J connectivity index is 0. The Hall–Kier alpha value is 0.114. The summed E-state index contributed by atoms with van der Waals surface area (Å²) in [6.07, 6.45) is 5.62. The second kappa shape index (κ2) is 10.1. The van der Waals surface area contributed by atoms with Crippen LogP contribution in [-0.2, 0) is 37.5 Å². The molecule has 11 heavy (non-hydrogen) atoms. The Morgan fingerprint density at radius 3 is 2.82 bits per heavy atom. The van der Waals surface area contributed by atoms with Gasteiger partial charge in [0.25, 0.3) is 0 Å². The Bertz CT molecular complexity index is 126. The third-order valence-corrected chi connectivity index (χ3v) is 0.902. The zero-order valence-electron chi connectivity index (χ0n) is 6.76. The predicted molar refractivity (Wildman–Crippen MR) is 40.5 cm³/mol. The van der Waals surface area contributed by atoms with Crippen LogP contribution < -0.4 is 5.43 Å². The third kappa shape index (κ3) is 13.2. The van der Waals surface area contributed by atoms with Gasteiger partial charge in [-0.15, -0.1) is 0 Å². The van der Waals surface area contributed by atoms with E-state index >= 15 is 0 Å². The first-order chi connectivity index (χ1) is 4.77. The molecular weight excluding hydrogens is 217 g/mol. The molecule has 0 aromatic rings. The fourth-order valence-electron chi connectivity index (χ4n) is 0.414. The van der Waals surface area contributed by atoms with Gasteiger partial charge in [-0.25, -0.2) is 0 Å². The van der Waals surface area contributed by atoms with Crippen molar-refractivity contribution < 1.29 is 37.5 Å². The van der Waals surface area contributed by atoms with E-state index in [4.69, 9.17) is 0 Å². The van der Waals surface area contributed by atoms with E-state index in [2.05, 4.69) is 30.6 Å². The van der Waals surface area contributed by atoms with Gasteiger partial charge in [-0.05, 0) is 0 Å². The van der Waals surface area contributed by atoms with Crippen molar-refractivity contribution in [2.24, 2.45) is 5.10 Å². The number of rotatable bonds is 4. The van der Waals surface area contributed by atoms with Crippen LogP contribution in [0, 0.1) is 6.92 Å². The minimum Gasteiger partial charge on any atom is -0.400 e. The smallest absolute Gasteiger partial charge is 0.0978 e. The molecule has 0 bridgehead atoms.